The van der Waals surface area contributed by atoms with Gasteiger partial charge in [-0.1, -0.05) is 24.3 Å². The Hall–Kier alpha value is -3.03. The van der Waals surface area contributed by atoms with Crippen molar-refractivity contribution >= 4 is 17.1 Å². The molecule has 24 heavy (non-hydrogen) atoms. The van der Waals surface area contributed by atoms with E-state index >= 15 is 0 Å². The number of carboxylic acids is 1. The van der Waals surface area contributed by atoms with Gasteiger partial charge in [0.25, 0.3) is 0 Å². The van der Waals surface area contributed by atoms with Crippen LogP contribution in [0.3, 0.4) is 0 Å². The molecular formula is C16H10F3NO4. The zero-order valence-electron chi connectivity index (χ0n) is 12.0. The monoisotopic (exact) mass is 337 g/mol. The second-order valence-electron chi connectivity index (χ2n) is 5.08. The molecule has 0 fully saturated rings. The van der Waals surface area contributed by atoms with E-state index in [0.29, 0.717) is 11.1 Å². The molecule has 5 nitrogen and oxygen atoms in total. The Morgan fingerprint density at radius 1 is 1.12 bits per heavy atom. The van der Waals surface area contributed by atoms with Crippen molar-refractivity contribution in [1.29, 1.82) is 0 Å². The number of benzene rings is 2. The van der Waals surface area contributed by atoms with Crippen LogP contribution >= 0.6 is 0 Å². The molecule has 0 unspecified atom stereocenters. The van der Waals surface area contributed by atoms with Crippen LogP contribution in [0.1, 0.15) is 5.56 Å². The van der Waals surface area contributed by atoms with Crippen molar-refractivity contribution in [2.75, 3.05) is 0 Å². The molecule has 0 atom stereocenters. The van der Waals surface area contributed by atoms with Crippen molar-refractivity contribution in [3.05, 3.63) is 58.6 Å². The number of hydrogen-bond donors (Lipinski definition) is 1. The van der Waals surface area contributed by atoms with Gasteiger partial charge in [0.05, 0.1) is 11.1 Å². The van der Waals surface area contributed by atoms with Crippen LogP contribution in [0.15, 0.2) is 51.7 Å². The van der Waals surface area contributed by atoms with Gasteiger partial charge >= 0.3 is 17.9 Å². The molecule has 0 radical (unpaired) electrons. The molecular weight excluding hydrogens is 327 g/mol. The van der Waals surface area contributed by atoms with Gasteiger partial charge in [-0.3, -0.25) is 9.36 Å². The Balaban J connectivity index is 2.14. The van der Waals surface area contributed by atoms with E-state index < -0.39 is 30.0 Å². The number of hydrogen-bond acceptors (Lipinski definition) is 3. The molecule has 3 rings (SSSR count). The second kappa shape index (κ2) is 5.55. The van der Waals surface area contributed by atoms with E-state index in [-0.39, 0.29) is 11.1 Å². The van der Waals surface area contributed by atoms with Crippen LogP contribution in [0.2, 0.25) is 0 Å². The van der Waals surface area contributed by atoms with Crippen molar-refractivity contribution < 1.29 is 27.5 Å². The molecule has 0 amide bonds. The van der Waals surface area contributed by atoms with Gasteiger partial charge in [0.15, 0.2) is 5.58 Å². The number of carboxylic acid groups (broad SMARTS) is 1. The highest BCUT2D eigenvalue weighted by Crippen LogP contribution is 2.33. The van der Waals surface area contributed by atoms with Crippen molar-refractivity contribution in [3.63, 3.8) is 0 Å². The largest absolute Gasteiger partial charge is 0.480 e. The molecule has 0 spiro atoms. The average Bonchev–Trinajstić information content (AvgIpc) is 2.82. The van der Waals surface area contributed by atoms with E-state index in [9.17, 15) is 22.8 Å². The maximum Gasteiger partial charge on any atom is 0.420 e. The van der Waals surface area contributed by atoms with Crippen molar-refractivity contribution in [2.45, 2.75) is 12.7 Å². The molecule has 124 valence electrons. The van der Waals surface area contributed by atoms with Gasteiger partial charge in [0, 0.05) is 5.56 Å². The van der Waals surface area contributed by atoms with E-state index in [1.54, 1.807) is 12.1 Å². The molecule has 1 heterocycles. The molecule has 0 aliphatic rings. The maximum atomic E-state index is 12.6. The first kappa shape index (κ1) is 15.9. The fourth-order valence-electron chi connectivity index (χ4n) is 2.44. The molecule has 2 aromatic carbocycles. The van der Waals surface area contributed by atoms with Crippen LogP contribution in [0.5, 0.6) is 0 Å². The number of fused-ring (bicyclic) bond motifs is 1. The summed E-state index contributed by atoms with van der Waals surface area (Å²) < 4.78 is 44.0. The standard InChI is InChI=1S/C16H10F3NO4/c17-16(18,19)10-6-4-9(5-7-10)11-2-1-3-12-14(11)24-15(23)20(12)8-13(21)22/h1-7H,8H2,(H,21,22). The molecule has 0 saturated heterocycles. The van der Waals surface area contributed by atoms with Crippen LogP contribution in [0.25, 0.3) is 22.2 Å². The molecule has 0 saturated carbocycles. The van der Waals surface area contributed by atoms with E-state index in [1.165, 1.54) is 18.2 Å². The summed E-state index contributed by atoms with van der Waals surface area (Å²) in [6.45, 7) is -0.567. The van der Waals surface area contributed by atoms with Crippen molar-refractivity contribution in [2.24, 2.45) is 0 Å². The highest BCUT2D eigenvalue weighted by atomic mass is 19.4. The summed E-state index contributed by atoms with van der Waals surface area (Å²) in [7, 11) is 0. The van der Waals surface area contributed by atoms with Gasteiger partial charge in [-0.2, -0.15) is 13.2 Å². The molecule has 1 N–H and O–H groups in total. The van der Waals surface area contributed by atoms with E-state index in [2.05, 4.69) is 0 Å². The number of oxazole rings is 1. The molecule has 3 aromatic rings. The van der Waals surface area contributed by atoms with Crippen LogP contribution in [-0.4, -0.2) is 15.6 Å². The SMILES string of the molecule is O=C(O)Cn1c(=O)oc2c(-c3ccc(C(F)(F)F)cc3)cccc21. The molecule has 8 heteroatoms. The normalized spacial score (nSPS) is 11.8. The number of halogens is 3. The summed E-state index contributed by atoms with van der Waals surface area (Å²) in [6, 6.07) is 9.07. The number of aromatic nitrogens is 1. The average molecular weight is 337 g/mol. The summed E-state index contributed by atoms with van der Waals surface area (Å²) >= 11 is 0. The van der Waals surface area contributed by atoms with Crippen LogP contribution in [-0.2, 0) is 17.5 Å². The lowest BCUT2D eigenvalue weighted by atomic mass is 10.0. The maximum absolute atomic E-state index is 12.6. The third kappa shape index (κ3) is 2.78. The Labute approximate surface area is 132 Å². The highest BCUT2D eigenvalue weighted by Gasteiger charge is 2.30. The van der Waals surface area contributed by atoms with Gasteiger partial charge in [-0.25, -0.2) is 4.79 Å². The Bertz CT molecular complexity index is 968. The highest BCUT2D eigenvalue weighted by molar-refractivity contribution is 5.90. The number of carbonyl (C=O) groups is 1. The summed E-state index contributed by atoms with van der Waals surface area (Å²) in [4.78, 5) is 22.7. The van der Waals surface area contributed by atoms with E-state index in [0.717, 1.165) is 16.7 Å². The molecule has 0 bridgehead atoms. The van der Waals surface area contributed by atoms with Gasteiger partial charge in [-0.05, 0) is 23.8 Å². The third-order valence-electron chi connectivity index (χ3n) is 3.51. The lowest BCUT2D eigenvalue weighted by Crippen LogP contribution is -2.19. The zero-order valence-corrected chi connectivity index (χ0v) is 12.0. The second-order valence-corrected chi connectivity index (χ2v) is 5.08. The minimum absolute atomic E-state index is 0.128. The summed E-state index contributed by atoms with van der Waals surface area (Å²) in [5.74, 6) is -2.05. The van der Waals surface area contributed by atoms with Crippen LogP contribution < -0.4 is 5.76 Å². The van der Waals surface area contributed by atoms with Crippen molar-refractivity contribution in [1.82, 2.24) is 4.57 Å². The van der Waals surface area contributed by atoms with E-state index in [4.69, 9.17) is 9.52 Å². The number of aliphatic carboxylic acids is 1. The smallest absolute Gasteiger partial charge is 0.420 e. The first-order valence-corrected chi connectivity index (χ1v) is 6.79. The lowest BCUT2D eigenvalue weighted by molar-refractivity contribution is -0.138. The number of alkyl halides is 3. The number of rotatable bonds is 3. The zero-order chi connectivity index (χ0) is 17.5. The Morgan fingerprint density at radius 3 is 2.38 bits per heavy atom. The lowest BCUT2D eigenvalue weighted by Gasteiger charge is -2.08. The van der Waals surface area contributed by atoms with E-state index in [1.807, 2.05) is 0 Å². The fourth-order valence-corrected chi connectivity index (χ4v) is 2.44. The summed E-state index contributed by atoms with van der Waals surface area (Å²) in [5.41, 5.74) is 0.430. The van der Waals surface area contributed by atoms with Gasteiger partial charge in [-0.15, -0.1) is 0 Å². The quantitative estimate of drug-likeness (QED) is 0.795. The summed E-state index contributed by atoms with van der Waals surface area (Å²) in [5, 5.41) is 8.85. The minimum atomic E-state index is -4.44. The topological polar surface area (TPSA) is 72.4 Å². The fraction of sp³-hybridized carbons (Fsp3) is 0.125. The van der Waals surface area contributed by atoms with Crippen LogP contribution in [0, 0.1) is 0 Å². The van der Waals surface area contributed by atoms with Gasteiger partial charge in [0.1, 0.15) is 6.54 Å². The minimum Gasteiger partial charge on any atom is -0.480 e. The molecule has 0 aliphatic heterocycles. The molecule has 0 aliphatic carbocycles. The number of para-hydroxylation sites is 1. The predicted octanol–water partition coefficient (Wildman–Crippen LogP) is 3.36. The Morgan fingerprint density at radius 2 is 1.79 bits per heavy atom. The van der Waals surface area contributed by atoms with Gasteiger partial charge in [0.2, 0.25) is 0 Å². The van der Waals surface area contributed by atoms with Crippen LogP contribution in [0.4, 0.5) is 13.2 Å². The Kier molecular flexibility index (Phi) is 3.67. The number of nitrogens with zero attached hydrogens (tertiary/aromatic N) is 1. The predicted molar refractivity (Wildman–Crippen MR) is 78.5 cm³/mol. The first-order valence-electron chi connectivity index (χ1n) is 6.79. The third-order valence-corrected chi connectivity index (χ3v) is 3.51. The van der Waals surface area contributed by atoms with Gasteiger partial charge < -0.3 is 9.52 Å². The first-order chi connectivity index (χ1) is 11.3. The summed E-state index contributed by atoms with van der Waals surface area (Å²) in [6.07, 6.45) is -4.44. The van der Waals surface area contributed by atoms with Crippen molar-refractivity contribution in [3.8, 4) is 11.1 Å². The molecule has 1 aromatic heterocycles.